The molecule has 0 unspecified atom stereocenters. The Kier molecular flexibility index (Phi) is 2.90. The predicted molar refractivity (Wildman–Crippen MR) is 83.1 cm³/mol. The highest BCUT2D eigenvalue weighted by molar-refractivity contribution is 6.31. The monoisotopic (exact) mass is 311 g/mol. The van der Waals surface area contributed by atoms with Crippen LogP contribution < -0.4 is 5.56 Å². The maximum Gasteiger partial charge on any atom is 0.263 e. The van der Waals surface area contributed by atoms with E-state index in [0.717, 1.165) is 11.1 Å². The molecule has 0 aliphatic heterocycles. The van der Waals surface area contributed by atoms with E-state index in [1.165, 1.54) is 0 Å². The van der Waals surface area contributed by atoms with Crippen LogP contribution in [0, 0.1) is 0 Å². The summed E-state index contributed by atoms with van der Waals surface area (Å²) in [5.41, 5.74) is 1.49. The number of hydrogen-bond acceptors (Lipinski definition) is 4. The molecular formula is C15H10ClN5O. The zero-order chi connectivity index (χ0) is 15.1. The first-order chi connectivity index (χ1) is 10.7. The second-order valence-corrected chi connectivity index (χ2v) is 5.35. The quantitative estimate of drug-likeness (QED) is 0.569. The van der Waals surface area contributed by atoms with Gasteiger partial charge in [-0.25, -0.2) is 0 Å². The van der Waals surface area contributed by atoms with Crippen molar-refractivity contribution in [2.45, 2.75) is 6.54 Å². The smallest absolute Gasteiger partial charge is 0.263 e. The van der Waals surface area contributed by atoms with Crippen LogP contribution in [-0.4, -0.2) is 24.1 Å². The lowest BCUT2D eigenvalue weighted by Crippen LogP contribution is -2.23. The lowest BCUT2D eigenvalue weighted by atomic mass is 10.2. The van der Waals surface area contributed by atoms with Gasteiger partial charge >= 0.3 is 0 Å². The highest BCUT2D eigenvalue weighted by Crippen LogP contribution is 2.18. The van der Waals surface area contributed by atoms with Crippen LogP contribution in [0.1, 0.15) is 5.56 Å². The van der Waals surface area contributed by atoms with Crippen LogP contribution in [0.5, 0.6) is 0 Å². The van der Waals surface area contributed by atoms with Gasteiger partial charge in [-0.3, -0.25) is 18.7 Å². The molecular weight excluding hydrogens is 302 g/mol. The molecule has 4 aromatic rings. The Labute approximate surface area is 129 Å². The number of rotatable bonds is 2. The number of benzene rings is 1. The summed E-state index contributed by atoms with van der Waals surface area (Å²) >= 11 is 6.03. The van der Waals surface area contributed by atoms with E-state index in [2.05, 4.69) is 15.2 Å². The summed E-state index contributed by atoms with van der Waals surface area (Å²) in [4.78, 5) is 16.9. The van der Waals surface area contributed by atoms with Crippen molar-refractivity contribution in [2.24, 2.45) is 0 Å². The fraction of sp³-hybridized carbons (Fsp3) is 0.0667. The van der Waals surface area contributed by atoms with Crippen molar-refractivity contribution in [2.75, 3.05) is 0 Å². The lowest BCUT2D eigenvalue weighted by Gasteiger charge is -2.10. The molecule has 3 aromatic heterocycles. The summed E-state index contributed by atoms with van der Waals surface area (Å²) in [5.74, 6) is 0.490. The maximum absolute atomic E-state index is 12.8. The zero-order valence-corrected chi connectivity index (χ0v) is 12.1. The minimum Gasteiger partial charge on any atom is -0.272 e. The Hall–Kier alpha value is -2.73. The molecule has 0 aliphatic carbocycles. The van der Waals surface area contributed by atoms with Crippen molar-refractivity contribution in [3.8, 4) is 0 Å². The van der Waals surface area contributed by atoms with Crippen molar-refractivity contribution in [1.29, 1.82) is 0 Å². The molecule has 3 heterocycles. The van der Waals surface area contributed by atoms with Gasteiger partial charge in [0.05, 0.1) is 17.4 Å². The topological polar surface area (TPSA) is 65.1 Å². The van der Waals surface area contributed by atoms with Crippen LogP contribution in [-0.2, 0) is 6.54 Å². The van der Waals surface area contributed by atoms with Gasteiger partial charge in [-0.15, -0.1) is 10.2 Å². The first-order valence-corrected chi connectivity index (χ1v) is 7.02. The van der Waals surface area contributed by atoms with E-state index in [9.17, 15) is 4.79 Å². The summed E-state index contributed by atoms with van der Waals surface area (Å²) in [6.45, 7) is 0.372. The normalized spacial score (nSPS) is 11.3. The standard InChI is InChI=1S/C15H10ClN5O/c16-11-3-4-13-12(6-11)14(22)20(15-19-18-9-21(13)15)8-10-2-1-5-17-7-10/h1-7,9H,8H2. The van der Waals surface area contributed by atoms with Crippen LogP contribution in [0.2, 0.25) is 5.02 Å². The van der Waals surface area contributed by atoms with Crippen LogP contribution in [0.25, 0.3) is 16.7 Å². The van der Waals surface area contributed by atoms with E-state index in [1.54, 1.807) is 45.9 Å². The molecule has 6 nitrogen and oxygen atoms in total. The van der Waals surface area contributed by atoms with Crippen molar-refractivity contribution < 1.29 is 0 Å². The Morgan fingerprint density at radius 3 is 2.95 bits per heavy atom. The third kappa shape index (κ3) is 1.96. The second kappa shape index (κ2) is 4.92. The number of fused-ring (bicyclic) bond motifs is 3. The summed E-state index contributed by atoms with van der Waals surface area (Å²) < 4.78 is 3.35. The molecule has 0 aliphatic rings. The van der Waals surface area contributed by atoms with Crippen LogP contribution in [0.3, 0.4) is 0 Å². The molecule has 4 rings (SSSR count). The highest BCUT2D eigenvalue weighted by Gasteiger charge is 2.13. The van der Waals surface area contributed by atoms with Crippen molar-refractivity contribution in [3.05, 3.63) is 70.0 Å². The van der Waals surface area contributed by atoms with E-state index < -0.39 is 0 Å². The number of hydrogen-bond donors (Lipinski definition) is 0. The lowest BCUT2D eigenvalue weighted by molar-refractivity contribution is 0.763. The fourth-order valence-electron chi connectivity index (χ4n) is 2.53. The van der Waals surface area contributed by atoms with E-state index in [4.69, 9.17) is 11.6 Å². The fourth-order valence-corrected chi connectivity index (χ4v) is 2.70. The average molecular weight is 312 g/mol. The minimum atomic E-state index is -0.151. The minimum absolute atomic E-state index is 0.151. The largest absolute Gasteiger partial charge is 0.272 e. The number of pyridine rings is 1. The van der Waals surface area contributed by atoms with E-state index >= 15 is 0 Å². The summed E-state index contributed by atoms with van der Waals surface area (Å²) in [6, 6.07) is 8.95. The molecule has 0 N–H and O–H groups in total. The zero-order valence-electron chi connectivity index (χ0n) is 11.3. The molecule has 108 valence electrons. The molecule has 0 saturated heterocycles. The Balaban J connectivity index is 2.05. The maximum atomic E-state index is 12.8. The third-order valence-corrected chi connectivity index (χ3v) is 3.76. The van der Waals surface area contributed by atoms with E-state index in [-0.39, 0.29) is 5.56 Å². The Morgan fingerprint density at radius 1 is 1.23 bits per heavy atom. The van der Waals surface area contributed by atoms with Gasteiger partial charge in [-0.1, -0.05) is 17.7 Å². The molecule has 0 amide bonds. The molecule has 1 aromatic carbocycles. The van der Waals surface area contributed by atoms with E-state index in [1.807, 2.05) is 12.1 Å². The van der Waals surface area contributed by atoms with Gasteiger partial charge < -0.3 is 0 Å². The summed E-state index contributed by atoms with van der Waals surface area (Å²) in [6.07, 6.45) is 5.01. The molecule has 0 saturated carbocycles. The average Bonchev–Trinajstić information content (AvgIpc) is 3.02. The van der Waals surface area contributed by atoms with Crippen molar-refractivity contribution >= 4 is 28.3 Å². The molecule has 0 fully saturated rings. The molecule has 0 spiro atoms. The molecule has 0 atom stereocenters. The Morgan fingerprint density at radius 2 is 2.14 bits per heavy atom. The molecule has 22 heavy (non-hydrogen) atoms. The second-order valence-electron chi connectivity index (χ2n) is 4.91. The molecule has 0 radical (unpaired) electrons. The van der Waals surface area contributed by atoms with Crippen molar-refractivity contribution in [1.82, 2.24) is 24.1 Å². The third-order valence-electron chi connectivity index (χ3n) is 3.53. The van der Waals surface area contributed by atoms with Gasteiger partial charge in [0.15, 0.2) is 0 Å². The van der Waals surface area contributed by atoms with Crippen LogP contribution >= 0.6 is 11.6 Å². The number of aromatic nitrogens is 5. The van der Waals surface area contributed by atoms with Gasteiger partial charge in [0.2, 0.25) is 5.78 Å². The summed E-state index contributed by atoms with van der Waals surface area (Å²) in [7, 11) is 0. The predicted octanol–water partition coefficient (Wildman–Crippen LogP) is 2.14. The molecule has 0 bridgehead atoms. The number of nitrogens with zero attached hydrogens (tertiary/aromatic N) is 5. The van der Waals surface area contributed by atoms with Gasteiger partial charge in [0.1, 0.15) is 6.33 Å². The SMILES string of the molecule is O=c1c2cc(Cl)ccc2n2cnnc2n1Cc1cccnc1. The molecule has 7 heteroatoms. The highest BCUT2D eigenvalue weighted by atomic mass is 35.5. The first-order valence-electron chi connectivity index (χ1n) is 6.65. The van der Waals surface area contributed by atoms with Crippen LogP contribution in [0.15, 0.2) is 53.8 Å². The van der Waals surface area contributed by atoms with Gasteiger partial charge in [-0.2, -0.15) is 0 Å². The van der Waals surface area contributed by atoms with Crippen molar-refractivity contribution in [3.63, 3.8) is 0 Å². The summed E-state index contributed by atoms with van der Waals surface area (Å²) in [5, 5.41) is 9.04. The van der Waals surface area contributed by atoms with Crippen LogP contribution in [0.4, 0.5) is 0 Å². The first kappa shape index (κ1) is 13.0. The van der Waals surface area contributed by atoms with Gasteiger partial charge in [0, 0.05) is 17.4 Å². The Bertz CT molecular complexity index is 1040. The number of halogens is 1. The van der Waals surface area contributed by atoms with Gasteiger partial charge in [-0.05, 0) is 29.8 Å². The van der Waals surface area contributed by atoms with E-state index in [0.29, 0.717) is 22.7 Å². The van der Waals surface area contributed by atoms with Gasteiger partial charge in [0.25, 0.3) is 5.56 Å².